The number of nitrogens with one attached hydrogen (secondary N) is 1. The Morgan fingerprint density at radius 1 is 1.40 bits per heavy atom. The maximum absolute atomic E-state index is 12.0. The average Bonchev–Trinajstić information content (AvgIpc) is 2.46. The Labute approximate surface area is 116 Å². The summed E-state index contributed by atoms with van der Waals surface area (Å²) in [6, 6.07) is 6.15. The standard InChI is InChI=1S/C14H17NO5/c1-2-5-9(14(17)18)15-13(16)12-8-19-10-6-3-4-7-11(10)20-12/h3-4,6-7,9,12H,2,5,8H2,1H3,(H,15,16)(H,17,18). The molecule has 1 heterocycles. The molecule has 0 spiro atoms. The lowest BCUT2D eigenvalue weighted by Crippen LogP contribution is -2.50. The molecule has 0 bridgehead atoms. The highest BCUT2D eigenvalue weighted by atomic mass is 16.6. The number of carboxylic acid groups (broad SMARTS) is 1. The lowest BCUT2D eigenvalue weighted by Gasteiger charge is -2.26. The van der Waals surface area contributed by atoms with Gasteiger partial charge in [-0.3, -0.25) is 4.79 Å². The molecule has 6 heteroatoms. The summed E-state index contributed by atoms with van der Waals surface area (Å²) in [6.45, 7) is 1.93. The highest BCUT2D eigenvalue weighted by Gasteiger charge is 2.30. The molecule has 0 aliphatic carbocycles. The monoisotopic (exact) mass is 279 g/mol. The molecule has 0 saturated carbocycles. The molecule has 2 N–H and O–H groups in total. The zero-order chi connectivity index (χ0) is 14.5. The van der Waals surface area contributed by atoms with E-state index < -0.39 is 24.0 Å². The summed E-state index contributed by atoms with van der Waals surface area (Å²) in [7, 11) is 0. The van der Waals surface area contributed by atoms with Gasteiger partial charge in [0, 0.05) is 0 Å². The van der Waals surface area contributed by atoms with Crippen LogP contribution in [-0.2, 0) is 9.59 Å². The van der Waals surface area contributed by atoms with Crippen molar-refractivity contribution in [3.63, 3.8) is 0 Å². The summed E-state index contributed by atoms with van der Waals surface area (Å²) >= 11 is 0. The smallest absolute Gasteiger partial charge is 0.326 e. The number of para-hydroxylation sites is 2. The van der Waals surface area contributed by atoms with Gasteiger partial charge in [-0.2, -0.15) is 0 Å². The predicted molar refractivity (Wildman–Crippen MR) is 70.8 cm³/mol. The van der Waals surface area contributed by atoms with Gasteiger partial charge < -0.3 is 19.9 Å². The first-order valence-corrected chi connectivity index (χ1v) is 6.53. The van der Waals surface area contributed by atoms with Crippen molar-refractivity contribution in [3.05, 3.63) is 24.3 Å². The SMILES string of the molecule is CCCC(NC(=O)C1COc2ccccc2O1)C(=O)O. The van der Waals surface area contributed by atoms with Gasteiger partial charge in [0.1, 0.15) is 12.6 Å². The Morgan fingerprint density at radius 2 is 2.10 bits per heavy atom. The number of benzene rings is 1. The molecule has 0 fully saturated rings. The number of ether oxygens (including phenoxy) is 2. The van der Waals surface area contributed by atoms with Crippen LogP contribution in [0.3, 0.4) is 0 Å². The molecule has 2 rings (SSSR count). The van der Waals surface area contributed by atoms with Crippen LogP contribution in [0.4, 0.5) is 0 Å². The van der Waals surface area contributed by atoms with Gasteiger partial charge in [-0.1, -0.05) is 25.5 Å². The van der Waals surface area contributed by atoms with E-state index in [2.05, 4.69) is 5.32 Å². The van der Waals surface area contributed by atoms with Crippen molar-refractivity contribution in [1.82, 2.24) is 5.32 Å². The van der Waals surface area contributed by atoms with Crippen LogP contribution in [0, 0.1) is 0 Å². The zero-order valence-electron chi connectivity index (χ0n) is 11.2. The van der Waals surface area contributed by atoms with Gasteiger partial charge in [-0.15, -0.1) is 0 Å². The first-order valence-electron chi connectivity index (χ1n) is 6.53. The summed E-state index contributed by atoms with van der Waals surface area (Å²) in [5, 5.41) is 11.5. The molecule has 0 radical (unpaired) electrons. The zero-order valence-corrected chi connectivity index (χ0v) is 11.2. The normalized spacial score (nSPS) is 18.1. The highest BCUT2D eigenvalue weighted by molar-refractivity contribution is 5.86. The van der Waals surface area contributed by atoms with Crippen LogP contribution >= 0.6 is 0 Å². The van der Waals surface area contributed by atoms with E-state index in [0.717, 1.165) is 0 Å². The molecule has 20 heavy (non-hydrogen) atoms. The minimum atomic E-state index is -1.04. The van der Waals surface area contributed by atoms with Crippen molar-refractivity contribution in [3.8, 4) is 11.5 Å². The number of rotatable bonds is 5. The van der Waals surface area contributed by atoms with E-state index >= 15 is 0 Å². The maximum atomic E-state index is 12.0. The summed E-state index contributed by atoms with van der Waals surface area (Å²) < 4.78 is 10.9. The van der Waals surface area contributed by atoms with Gasteiger partial charge in [0.15, 0.2) is 11.5 Å². The second-order valence-corrected chi connectivity index (χ2v) is 4.55. The molecular formula is C14H17NO5. The van der Waals surface area contributed by atoms with E-state index in [1.54, 1.807) is 18.2 Å². The van der Waals surface area contributed by atoms with Gasteiger partial charge in [-0.25, -0.2) is 4.79 Å². The molecule has 6 nitrogen and oxygen atoms in total. The third-order valence-corrected chi connectivity index (χ3v) is 2.99. The number of amides is 1. The summed E-state index contributed by atoms with van der Waals surface area (Å²) in [6.07, 6.45) is 0.219. The van der Waals surface area contributed by atoms with Gasteiger partial charge >= 0.3 is 5.97 Å². The first-order chi connectivity index (χ1) is 9.61. The van der Waals surface area contributed by atoms with Crippen LogP contribution in [0.2, 0.25) is 0 Å². The van der Waals surface area contributed by atoms with Crippen LogP contribution in [0.15, 0.2) is 24.3 Å². The van der Waals surface area contributed by atoms with Crippen molar-refractivity contribution in [2.75, 3.05) is 6.61 Å². The molecule has 0 aromatic heterocycles. The molecule has 1 amide bonds. The molecule has 1 aromatic carbocycles. The minimum absolute atomic E-state index is 0.0707. The minimum Gasteiger partial charge on any atom is -0.485 e. The Hall–Kier alpha value is -2.24. The third-order valence-electron chi connectivity index (χ3n) is 2.99. The number of hydrogen-bond donors (Lipinski definition) is 2. The summed E-state index contributed by atoms with van der Waals surface area (Å²) in [5.74, 6) is -0.446. The fourth-order valence-electron chi connectivity index (χ4n) is 1.96. The Balaban J connectivity index is 1.99. The molecule has 1 aliphatic heterocycles. The second-order valence-electron chi connectivity index (χ2n) is 4.55. The van der Waals surface area contributed by atoms with Gasteiger partial charge in [0.25, 0.3) is 5.91 Å². The first kappa shape index (κ1) is 14.2. The number of hydrogen-bond acceptors (Lipinski definition) is 4. The van der Waals surface area contributed by atoms with Crippen LogP contribution in [-0.4, -0.2) is 35.7 Å². The molecule has 0 saturated heterocycles. The van der Waals surface area contributed by atoms with Crippen molar-refractivity contribution in [2.45, 2.75) is 31.9 Å². The average molecular weight is 279 g/mol. The van der Waals surface area contributed by atoms with Crippen LogP contribution in [0.5, 0.6) is 11.5 Å². The molecule has 2 unspecified atom stereocenters. The van der Waals surface area contributed by atoms with Crippen molar-refractivity contribution >= 4 is 11.9 Å². The number of fused-ring (bicyclic) bond motifs is 1. The highest BCUT2D eigenvalue weighted by Crippen LogP contribution is 2.30. The second kappa shape index (κ2) is 6.27. The summed E-state index contributed by atoms with van der Waals surface area (Å²) in [4.78, 5) is 23.0. The van der Waals surface area contributed by atoms with Crippen molar-refractivity contribution in [2.24, 2.45) is 0 Å². The topological polar surface area (TPSA) is 84.9 Å². The van der Waals surface area contributed by atoms with E-state index in [0.29, 0.717) is 24.3 Å². The number of carbonyl (C=O) groups is 2. The van der Waals surface area contributed by atoms with E-state index in [1.807, 2.05) is 13.0 Å². The maximum Gasteiger partial charge on any atom is 0.326 e. The lowest BCUT2D eigenvalue weighted by atomic mass is 10.1. The van der Waals surface area contributed by atoms with E-state index in [-0.39, 0.29) is 6.61 Å². The number of carbonyl (C=O) groups excluding carboxylic acids is 1. The van der Waals surface area contributed by atoms with Gasteiger partial charge in [-0.05, 0) is 18.6 Å². The van der Waals surface area contributed by atoms with Crippen LogP contribution in [0.25, 0.3) is 0 Å². The quantitative estimate of drug-likeness (QED) is 0.846. The fraction of sp³-hybridized carbons (Fsp3) is 0.429. The Morgan fingerprint density at radius 3 is 2.75 bits per heavy atom. The largest absolute Gasteiger partial charge is 0.485 e. The van der Waals surface area contributed by atoms with Crippen molar-refractivity contribution < 1.29 is 24.2 Å². The number of aliphatic carboxylic acids is 1. The Bertz CT molecular complexity index is 502. The molecule has 2 atom stereocenters. The molecule has 1 aromatic rings. The number of carboxylic acids is 1. The third kappa shape index (κ3) is 3.20. The van der Waals surface area contributed by atoms with Gasteiger partial charge in [0.2, 0.25) is 6.10 Å². The van der Waals surface area contributed by atoms with Crippen molar-refractivity contribution in [1.29, 1.82) is 0 Å². The van der Waals surface area contributed by atoms with E-state index in [1.165, 1.54) is 0 Å². The van der Waals surface area contributed by atoms with Crippen LogP contribution in [0.1, 0.15) is 19.8 Å². The van der Waals surface area contributed by atoms with Crippen LogP contribution < -0.4 is 14.8 Å². The lowest BCUT2D eigenvalue weighted by molar-refractivity contribution is -0.143. The fourth-order valence-corrected chi connectivity index (χ4v) is 1.96. The molecular weight excluding hydrogens is 262 g/mol. The van der Waals surface area contributed by atoms with E-state index in [9.17, 15) is 9.59 Å². The van der Waals surface area contributed by atoms with Gasteiger partial charge in [0.05, 0.1) is 0 Å². The van der Waals surface area contributed by atoms with E-state index in [4.69, 9.17) is 14.6 Å². The summed E-state index contributed by atoms with van der Waals surface area (Å²) in [5.41, 5.74) is 0. The Kier molecular flexibility index (Phi) is 4.45. The molecule has 108 valence electrons. The molecule has 1 aliphatic rings. The predicted octanol–water partition coefficient (Wildman–Crippen LogP) is 1.20.